The molecule has 0 bridgehead atoms. The summed E-state index contributed by atoms with van der Waals surface area (Å²) < 4.78 is 1.94. The van der Waals surface area contributed by atoms with Crippen molar-refractivity contribution in [2.24, 2.45) is 11.7 Å². The molecule has 1 heterocycles. The highest BCUT2D eigenvalue weighted by Gasteiger charge is 2.17. The topological polar surface area (TPSA) is 102 Å². The number of aromatic nitrogens is 2. The number of hydrogen-bond acceptors (Lipinski definition) is 4. The number of hydrogen-bond donors (Lipinski definition) is 3. The van der Waals surface area contributed by atoms with E-state index in [4.69, 9.17) is 5.73 Å². The highest BCUT2D eigenvalue weighted by atomic mass is 16.2. The van der Waals surface area contributed by atoms with Gasteiger partial charge >= 0.3 is 0 Å². The highest BCUT2D eigenvalue weighted by molar-refractivity contribution is 5.87. The monoisotopic (exact) mass is 281 g/mol. The fourth-order valence-corrected chi connectivity index (χ4v) is 1.56. The molecule has 0 unspecified atom stereocenters. The summed E-state index contributed by atoms with van der Waals surface area (Å²) in [7, 11) is 0. The summed E-state index contributed by atoms with van der Waals surface area (Å²) in [4.78, 5) is 27.0. The average molecular weight is 281 g/mol. The Kier molecular flexibility index (Phi) is 6.72. The molecule has 0 fully saturated rings. The molecule has 0 saturated carbocycles. The van der Waals surface area contributed by atoms with Gasteiger partial charge in [0.05, 0.1) is 18.9 Å². The van der Waals surface area contributed by atoms with Gasteiger partial charge in [0.1, 0.15) is 0 Å². The van der Waals surface area contributed by atoms with Crippen LogP contribution in [0, 0.1) is 5.92 Å². The summed E-state index contributed by atoms with van der Waals surface area (Å²) in [6.07, 6.45) is 6.12. The Hall–Kier alpha value is -1.89. The van der Waals surface area contributed by atoms with Crippen LogP contribution in [0.5, 0.6) is 0 Å². The molecule has 112 valence electrons. The molecule has 4 N–H and O–H groups in total. The molecular formula is C13H23N5O2. The molecule has 0 aliphatic heterocycles. The number of nitrogens with one attached hydrogen (secondary N) is 2. The van der Waals surface area contributed by atoms with Crippen molar-refractivity contribution in [1.82, 2.24) is 20.2 Å². The van der Waals surface area contributed by atoms with Gasteiger partial charge in [0.2, 0.25) is 11.8 Å². The molecule has 20 heavy (non-hydrogen) atoms. The normalized spacial score (nSPS) is 12.2. The Morgan fingerprint density at radius 2 is 2.10 bits per heavy atom. The maximum Gasteiger partial charge on any atom is 0.239 e. The lowest BCUT2D eigenvalue weighted by molar-refractivity contribution is -0.127. The minimum atomic E-state index is -0.580. The van der Waals surface area contributed by atoms with E-state index in [2.05, 4.69) is 15.6 Å². The Labute approximate surface area is 118 Å². The fourth-order valence-electron chi connectivity index (χ4n) is 1.56. The highest BCUT2D eigenvalue weighted by Crippen LogP contribution is 1.97. The van der Waals surface area contributed by atoms with E-state index >= 15 is 0 Å². The summed E-state index contributed by atoms with van der Waals surface area (Å²) in [6, 6.07) is -0.580. The maximum absolute atomic E-state index is 11.5. The lowest BCUT2D eigenvalue weighted by atomic mass is 10.1. The Balaban J connectivity index is 2.10. The predicted molar refractivity (Wildman–Crippen MR) is 75.7 cm³/mol. The number of carbonyl (C=O) groups excluding carboxylic acids is 2. The van der Waals surface area contributed by atoms with E-state index in [9.17, 15) is 9.59 Å². The van der Waals surface area contributed by atoms with Crippen LogP contribution in [-0.4, -0.2) is 40.5 Å². The van der Waals surface area contributed by atoms with Gasteiger partial charge in [0, 0.05) is 25.5 Å². The minimum Gasteiger partial charge on any atom is -0.355 e. The first-order valence-corrected chi connectivity index (χ1v) is 6.76. The smallest absolute Gasteiger partial charge is 0.239 e. The van der Waals surface area contributed by atoms with Gasteiger partial charge in [-0.2, -0.15) is 0 Å². The molecule has 0 aliphatic rings. The van der Waals surface area contributed by atoms with Crippen molar-refractivity contribution < 1.29 is 9.59 Å². The van der Waals surface area contributed by atoms with Gasteiger partial charge in [-0.25, -0.2) is 4.98 Å². The number of nitrogens with two attached hydrogens (primary N) is 1. The fraction of sp³-hybridized carbons (Fsp3) is 0.615. The van der Waals surface area contributed by atoms with E-state index in [-0.39, 0.29) is 24.3 Å². The van der Waals surface area contributed by atoms with Crippen molar-refractivity contribution in [2.75, 3.05) is 13.1 Å². The molecule has 0 saturated heterocycles. The molecule has 0 radical (unpaired) electrons. The lowest BCUT2D eigenvalue weighted by Gasteiger charge is -2.15. The second-order valence-corrected chi connectivity index (χ2v) is 4.99. The van der Waals surface area contributed by atoms with Gasteiger partial charge < -0.3 is 20.9 Å². The van der Waals surface area contributed by atoms with E-state index in [1.165, 1.54) is 0 Å². The molecule has 1 atom stereocenters. The third-order valence-corrected chi connectivity index (χ3v) is 2.92. The standard InChI is InChI=1S/C13H23N5O2/c1-10(2)12(14)13(20)17-8-11(19)16-4-3-6-18-7-5-15-9-18/h5,7,9-10,12H,3-4,6,8,14H2,1-2H3,(H,16,19)(H,17,20)/t12-/m0/s1. The van der Waals surface area contributed by atoms with Crippen LogP contribution in [0.1, 0.15) is 20.3 Å². The Bertz CT molecular complexity index is 416. The van der Waals surface area contributed by atoms with Gasteiger partial charge in [0.25, 0.3) is 0 Å². The molecule has 7 heteroatoms. The zero-order chi connectivity index (χ0) is 15.0. The van der Waals surface area contributed by atoms with E-state index in [0.29, 0.717) is 6.54 Å². The van der Waals surface area contributed by atoms with Crippen LogP contribution in [0.25, 0.3) is 0 Å². The number of imidazole rings is 1. The molecule has 7 nitrogen and oxygen atoms in total. The summed E-state index contributed by atoms with van der Waals surface area (Å²) in [5.41, 5.74) is 5.67. The summed E-state index contributed by atoms with van der Waals surface area (Å²) in [6.45, 7) is 5.04. The van der Waals surface area contributed by atoms with E-state index in [1.807, 2.05) is 24.6 Å². The summed E-state index contributed by atoms with van der Waals surface area (Å²) >= 11 is 0. The lowest BCUT2D eigenvalue weighted by Crippen LogP contribution is -2.47. The van der Waals surface area contributed by atoms with Gasteiger partial charge in [-0.1, -0.05) is 13.8 Å². The van der Waals surface area contributed by atoms with Crippen LogP contribution in [0.4, 0.5) is 0 Å². The number of amides is 2. The maximum atomic E-state index is 11.5. The van der Waals surface area contributed by atoms with Crippen molar-refractivity contribution >= 4 is 11.8 Å². The van der Waals surface area contributed by atoms with Gasteiger partial charge in [0.15, 0.2) is 0 Å². The molecule has 1 aromatic heterocycles. The molecular weight excluding hydrogens is 258 g/mol. The van der Waals surface area contributed by atoms with E-state index in [0.717, 1.165) is 13.0 Å². The van der Waals surface area contributed by atoms with Crippen LogP contribution < -0.4 is 16.4 Å². The zero-order valence-corrected chi connectivity index (χ0v) is 12.0. The van der Waals surface area contributed by atoms with Crippen LogP contribution in [0.15, 0.2) is 18.7 Å². The van der Waals surface area contributed by atoms with Crippen molar-refractivity contribution in [1.29, 1.82) is 0 Å². The van der Waals surface area contributed by atoms with Crippen LogP contribution in [0.2, 0.25) is 0 Å². The quantitative estimate of drug-likeness (QED) is 0.558. The first-order chi connectivity index (χ1) is 9.50. The SMILES string of the molecule is CC(C)[C@H](N)C(=O)NCC(=O)NCCCn1ccnc1. The first kappa shape index (κ1) is 16.2. The largest absolute Gasteiger partial charge is 0.355 e. The Morgan fingerprint density at radius 3 is 2.70 bits per heavy atom. The molecule has 1 rings (SSSR count). The zero-order valence-electron chi connectivity index (χ0n) is 12.0. The molecule has 2 amide bonds. The first-order valence-electron chi connectivity index (χ1n) is 6.76. The van der Waals surface area contributed by atoms with Gasteiger partial charge in [-0.3, -0.25) is 9.59 Å². The van der Waals surface area contributed by atoms with Crippen LogP contribution in [0.3, 0.4) is 0 Å². The summed E-state index contributed by atoms with van der Waals surface area (Å²) in [5, 5.41) is 5.27. The number of nitrogens with zero attached hydrogens (tertiary/aromatic N) is 2. The average Bonchev–Trinajstić information content (AvgIpc) is 2.93. The summed E-state index contributed by atoms with van der Waals surface area (Å²) in [5.74, 6) is -0.457. The van der Waals surface area contributed by atoms with Crippen molar-refractivity contribution in [3.8, 4) is 0 Å². The van der Waals surface area contributed by atoms with Gasteiger partial charge in [-0.15, -0.1) is 0 Å². The molecule has 1 aromatic rings. The van der Waals surface area contributed by atoms with E-state index < -0.39 is 6.04 Å². The third-order valence-electron chi connectivity index (χ3n) is 2.92. The van der Waals surface area contributed by atoms with Gasteiger partial charge in [-0.05, 0) is 12.3 Å². The number of carbonyl (C=O) groups is 2. The van der Waals surface area contributed by atoms with Crippen molar-refractivity contribution in [3.05, 3.63) is 18.7 Å². The Morgan fingerprint density at radius 1 is 1.35 bits per heavy atom. The second kappa shape index (κ2) is 8.31. The number of aryl methyl sites for hydroxylation is 1. The van der Waals surface area contributed by atoms with Crippen LogP contribution >= 0.6 is 0 Å². The van der Waals surface area contributed by atoms with Crippen molar-refractivity contribution in [3.63, 3.8) is 0 Å². The predicted octanol–water partition coefficient (Wildman–Crippen LogP) is -0.511. The van der Waals surface area contributed by atoms with Crippen molar-refractivity contribution in [2.45, 2.75) is 32.9 Å². The molecule has 0 spiro atoms. The van der Waals surface area contributed by atoms with E-state index in [1.54, 1.807) is 12.5 Å². The third kappa shape index (κ3) is 5.83. The molecule has 0 aliphatic carbocycles. The second-order valence-electron chi connectivity index (χ2n) is 4.99. The number of rotatable bonds is 8. The van der Waals surface area contributed by atoms with Crippen LogP contribution in [-0.2, 0) is 16.1 Å². The minimum absolute atomic E-state index is 0.0374. The molecule has 0 aromatic carbocycles.